The number of aliphatic hydroxyl groups excluding tert-OH is 1. The van der Waals surface area contributed by atoms with Gasteiger partial charge in [-0.2, -0.15) is 8.42 Å². The van der Waals surface area contributed by atoms with Gasteiger partial charge in [0.25, 0.3) is 0 Å². The van der Waals surface area contributed by atoms with Crippen molar-refractivity contribution in [3.05, 3.63) is 75.4 Å². The molecule has 2 aromatic heterocycles. The molecule has 3 heterocycles. The first-order valence-corrected chi connectivity index (χ1v) is 14.7. The fourth-order valence-corrected chi connectivity index (χ4v) is 6.86. The van der Waals surface area contributed by atoms with E-state index in [4.69, 9.17) is 9.88 Å². The Hall–Kier alpha value is -2.74. The average molecular weight is 559 g/mol. The van der Waals surface area contributed by atoms with E-state index in [2.05, 4.69) is 31.6 Å². The third kappa shape index (κ3) is 5.51. The van der Waals surface area contributed by atoms with E-state index in [0.717, 1.165) is 28.8 Å². The van der Waals surface area contributed by atoms with Crippen molar-refractivity contribution in [2.45, 2.75) is 50.4 Å². The molecule has 0 amide bonds. The molecule has 4 atom stereocenters. The number of thiophene rings is 1. The van der Waals surface area contributed by atoms with E-state index in [9.17, 15) is 18.3 Å². The van der Waals surface area contributed by atoms with Crippen molar-refractivity contribution in [1.29, 1.82) is 0 Å². The van der Waals surface area contributed by atoms with Crippen LogP contribution in [0.4, 0.5) is 5.82 Å². The Morgan fingerprint density at radius 1 is 1.32 bits per heavy atom. The van der Waals surface area contributed by atoms with Gasteiger partial charge in [0.05, 0.1) is 23.2 Å². The number of rotatable bonds is 9. The minimum absolute atomic E-state index is 0.207. The molecule has 202 valence electrons. The lowest BCUT2D eigenvalue weighted by molar-refractivity contribution is 0.0358. The first-order valence-electron chi connectivity index (χ1n) is 12.4. The second kappa shape index (κ2) is 10.8. The topological polar surface area (TPSA) is 154 Å². The number of anilines is 1. The highest BCUT2D eigenvalue weighted by atomic mass is 32.2. The Balaban J connectivity index is 1.37. The van der Waals surface area contributed by atoms with Crippen LogP contribution in [0.2, 0.25) is 0 Å². The van der Waals surface area contributed by atoms with E-state index >= 15 is 0 Å². The SMILES string of the molecule is Cc1sc(C(=O)c2cncnc2NC2CC(COS(N)(=O)=O)[C@@H](O)C2)cc1C1(c2ccccc2)CCCO1. The standard InChI is InChI=1S/C26H30N4O6S2/c1-16-21(26(8-5-9-35-26)18-6-3-2-4-7-18)12-23(37-16)24(32)20-13-28-15-29-25(20)30-19-10-17(22(31)11-19)14-36-38(27,33)34/h2-4,6-7,12-13,15,17,19,22,31H,5,8-11,14H2,1H3,(H2,27,33,34)(H,28,29,30)/t17?,19?,22-,26?/m0/s1. The Morgan fingerprint density at radius 2 is 2.11 bits per heavy atom. The van der Waals surface area contributed by atoms with Crippen LogP contribution in [0.25, 0.3) is 0 Å². The van der Waals surface area contributed by atoms with Gasteiger partial charge >= 0.3 is 10.3 Å². The summed E-state index contributed by atoms with van der Waals surface area (Å²) in [7, 11) is -4.09. The smallest absolute Gasteiger partial charge is 0.333 e. The molecule has 1 aliphatic carbocycles. The molecule has 1 aromatic carbocycles. The summed E-state index contributed by atoms with van der Waals surface area (Å²) in [6, 6.07) is 11.8. The first kappa shape index (κ1) is 26.9. The van der Waals surface area contributed by atoms with Crippen molar-refractivity contribution in [2.75, 3.05) is 18.5 Å². The van der Waals surface area contributed by atoms with E-state index in [0.29, 0.717) is 35.7 Å². The number of carbonyl (C=O) groups excluding carboxylic acids is 1. The molecule has 1 aliphatic heterocycles. The molecule has 4 N–H and O–H groups in total. The Morgan fingerprint density at radius 3 is 2.82 bits per heavy atom. The van der Waals surface area contributed by atoms with Gasteiger partial charge in [-0.3, -0.25) is 8.98 Å². The largest absolute Gasteiger partial charge is 0.393 e. The lowest BCUT2D eigenvalue weighted by atomic mass is 9.84. The molecular formula is C26H30N4O6S2. The van der Waals surface area contributed by atoms with E-state index in [1.807, 2.05) is 31.2 Å². The maximum Gasteiger partial charge on any atom is 0.333 e. The van der Waals surface area contributed by atoms with Crippen LogP contribution in [-0.4, -0.2) is 54.6 Å². The van der Waals surface area contributed by atoms with Gasteiger partial charge in [0.1, 0.15) is 17.7 Å². The van der Waals surface area contributed by atoms with Crippen molar-refractivity contribution >= 4 is 33.2 Å². The van der Waals surface area contributed by atoms with Crippen LogP contribution >= 0.6 is 11.3 Å². The lowest BCUT2D eigenvalue weighted by Gasteiger charge is -2.29. The summed E-state index contributed by atoms with van der Waals surface area (Å²) in [6.45, 7) is 2.45. The van der Waals surface area contributed by atoms with Crippen molar-refractivity contribution in [3.63, 3.8) is 0 Å². The van der Waals surface area contributed by atoms with Gasteiger partial charge in [-0.1, -0.05) is 30.3 Å². The maximum atomic E-state index is 13.7. The van der Waals surface area contributed by atoms with Crippen LogP contribution < -0.4 is 10.5 Å². The summed E-state index contributed by atoms with van der Waals surface area (Å²) in [6.07, 6.45) is 4.60. The van der Waals surface area contributed by atoms with Gasteiger partial charge in [-0.05, 0) is 44.2 Å². The van der Waals surface area contributed by atoms with Gasteiger partial charge in [0.15, 0.2) is 0 Å². The molecule has 3 unspecified atom stereocenters. The molecule has 0 radical (unpaired) electrons. The third-order valence-electron chi connectivity index (χ3n) is 7.24. The summed E-state index contributed by atoms with van der Waals surface area (Å²) in [5, 5.41) is 18.5. The predicted octanol–water partition coefficient (Wildman–Crippen LogP) is 2.90. The Bertz CT molecular complexity index is 1410. The lowest BCUT2D eigenvalue weighted by Crippen LogP contribution is -2.26. The molecular weight excluding hydrogens is 528 g/mol. The molecule has 1 saturated heterocycles. The zero-order valence-electron chi connectivity index (χ0n) is 20.9. The Labute approximate surface area is 225 Å². The molecule has 5 rings (SSSR count). The van der Waals surface area contributed by atoms with E-state index in [1.165, 1.54) is 23.9 Å². The normalized spacial score (nSPS) is 25.5. The highest BCUT2D eigenvalue weighted by Crippen LogP contribution is 2.46. The molecule has 0 bridgehead atoms. The number of aliphatic hydroxyl groups is 1. The average Bonchev–Trinajstić information content (AvgIpc) is 3.62. The predicted molar refractivity (Wildman–Crippen MR) is 142 cm³/mol. The number of aromatic nitrogens is 2. The first-order chi connectivity index (χ1) is 18.2. The third-order valence-corrected chi connectivity index (χ3v) is 8.75. The highest BCUT2D eigenvalue weighted by molar-refractivity contribution is 7.84. The van der Waals surface area contributed by atoms with Crippen LogP contribution in [-0.2, 0) is 24.8 Å². The molecule has 12 heteroatoms. The molecule has 2 fully saturated rings. The van der Waals surface area contributed by atoms with Gasteiger partial charge < -0.3 is 15.2 Å². The minimum Gasteiger partial charge on any atom is -0.393 e. The number of aryl methyl sites for hydroxylation is 1. The number of hydrogen-bond donors (Lipinski definition) is 3. The van der Waals surface area contributed by atoms with Crippen molar-refractivity contribution < 1.29 is 27.2 Å². The fraction of sp³-hybridized carbons (Fsp3) is 0.423. The van der Waals surface area contributed by atoms with Gasteiger partial charge in [-0.25, -0.2) is 15.1 Å². The van der Waals surface area contributed by atoms with E-state index in [1.54, 1.807) is 0 Å². The number of nitrogens with two attached hydrogens (primary N) is 1. The summed E-state index contributed by atoms with van der Waals surface area (Å²) < 4.78 is 33.3. The molecule has 1 saturated carbocycles. The molecule has 10 nitrogen and oxygen atoms in total. The fourth-order valence-electron chi connectivity index (χ4n) is 5.46. The maximum absolute atomic E-state index is 13.7. The summed E-state index contributed by atoms with van der Waals surface area (Å²) in [5.41, 5.74) is 1.81. The number of ketones is 1. The van der Waals surface area contributed by atoms with Crippen LogP contribution in [0.15, 0.2) is 48.9 Å². The van der Waals surface area contributed by atoms with E-state index < -0.39 is 27.9 Å². The number of nitrogens with zero attached hydrogens (tertiary/aromatic N) is 2. The van der Waals surface area contributed by atoms with Crippen molar-refractivity contribution in [2.24, 2.45) is 11.1 Å². The Kier molecular flexibility index (Phi) is 7.63. The second-order valence-electron chi connectivity index (χ2n) is 9.76. The number of benzene rings is 1. The van der Waals surface area contributed by atoms with Gasteiger partial charge in [-0.15, -0.1) is 11.3 Å². The molecule has 3 aromatic rings. The zero-order chi connectivity index (χ0) is 26.9. The van der Waals surface area contributed by atoms with Crippen LogP contribution in [0.1, 0.15) is 56.9 Å². The molecule has 38 heavy (non-hydrogen) atoms. The van der Waals surface area contributed by atoms with Gasteiger partial charge in [0.2, 0.25) is 5.78 Å². The molecule has 2 aliphatic rings. The zero-order valence-corrected chi connectivity index (χ0v) is 22.5. The summed E-state index contributed by atoms with van der Waals surface area (Å²) >= 11 is 1.42. The van der Waals surface area contributed by atoms with Crippen molar-refractivity contribution in [1.82, 2.24) is 9.97 Å². The monoisotopic (exact) mass is 558 g/mol. The number of hydrogen-bond acceptors (Lipinski definition) is 10. The van der Waals surface area contributed by atoms with E-state index in [-0.39, 0.29) is 18.4 Å². The minimum atomic E-state index is -4.09. The summed E-state index contributed by atoms with van der Waals surface area (Å²) in [4.78, 5) is 23.7. The van der Waals surface area contributed by atoms with Gasteiger partial charge in [0, 0.05) is 35.2 Å². The molecule has 0 spiro atoms. The van der Waals surface area contributed by atoms with Crippen LogP contribution in [0, 0.1) is 12.8 Å². The number of ether oxygens (including phenoxy) is 1. The quantitative estimate of drug-likeness (QED) is 0.336. The van der Waals surface area contributed by atoms with Crippen LogP contribution in [0.3, 0.4) is 0 Å². The highest BCUT2D eigenvalue weighted by Gasteiger charge is 2.41. The van der Waals surface area contributed by atoms with Crippen molar-refractivity contribution in [3.8, 4) is 0 Å². The van der Waals surface area contributed by atoms with Crippen LogP contribution in [0.5, 0.6) is 0 Å². The summed E-state index contributed by atoms with van der Waals surface area (Å²) in [5.74, 6) is -0.270. The second-order valence-corrected chi connectivity index (χ2v) is 12.2. The number of nitrogens with one attached hydrogen (secondary N) is 1. The number of carbonyl (C=O) groups is 1.